The molecule has 3 N–H and O–H groups in total. The summed E-state index contributed by atoms with van der Waals surface area (Å²) in [6, 6.07) is 6.74. The predicted octanol–water partition coefficient (Wildman–Crippen LogP) is 1.02. The largest absolute Gasteiger partial charge is 0.399 e. The summed E-state index contributed by atoms with van der Waals surface area (Å²) >= 11 is 0. The van der Waals surface area contributed by atoms with Crippen molar-refractivity contribution in [3.63, 3.8) is 0 Å². The van der Waals surface area contributed by atoms with Gasteiger partial charge in [0, 0.05) is 24.2 Å². The lowest BCUT2D eigenvalue weighted by atomic mass is 10.2. The van der Waals surface area contributed by atoms with E-state index in [1.165, 1.54) is 0 Å². The van der Waals surface area contributed by atoms with Crippen molar-refractivity contribution in [1.29, 1.82) is 0 Å². The lowest BCUT2D eigenvalue weighted by Gasteiger charge is -2.02. The Labute approximate surface area is 83.3 Å². The molecule has 0 fully saturated rings. The van der Waals surface area contributed by atoms with Crippen LogP contribution in [0.5, 0.6) is 0 Å². The van der Waals surface area contributed by atoms with Gasteiger partial charge in [-0.15, -0.1) is 12.3 Å². The molecule has 0 spiro atoms. The number of terminal acetylenes is 1. The molecule has 1 rings (SSSR count). The highest BCUT2D eigenvalue weighted by molar-refractivity contribution is 5.94. The minimum atomic E-state index is -0.125. The molecule has 0 bridgehead atoms. The quantitative estimate of drug-likeness (QED) is 0.423. The van der Waals surface area contributed by atoms with Gasteiger partial charge >= 0.3 is 0 Å². The number of rotatable bonds is 3. The van der Waals surface area contributed by atoms with E-state index in [-0.39, 0.29) is 5.91 Å². The first kappa shape index (κ1) is 10.1. The van der Waals surface area contributed by atoms with Crippen molar-refractivity contribution in [3.8, 4) is 12.3 Å². The highest BCUT2D eigenvalue weighted by Gasteiger charge is 2.02. The van der Waals surface area contributed by atoms with Gasteiger partial charge < -0.3 is 11.1 Å². The normalized spacial score (nSPS) is 9.07. The summed E-state index contributed by atoms with van der Waals surface area (Å²) in [7, 11) is 0. The fourth-order valence-corrected chi connectivity index (χ4v) is 0.985. The molecular formula is C11H12N2O. The Hall–Kier alpha value is -1.95. The van der Waals surface area contributed by atoms with Crippen LogP contribution >= 0.6 is 0 Å². The average molecular weight is 188 g/mol. The molecule has 0 saturated carbocycles. The number of carbonyl (C=O) groups is 1. The first-order chi connectivity index (χ1) is 6.74. The van der Waals surface area contributed by atoms with Gasteiger partial charge in [0.05, 0.1) is 0 Å². The first-order valence-electron chi connectivity index (χ1n) is 4.31. The van der Waals surface area contributed by atoms with Gasteiger partial charge in [0.25, 0.3) is 5.91 Å². The summed E-state index contributed by atoms with van der Waals surface area (Å²) in [5, 5.41) is 2.70. The van der Waals surface area contributed by atoms with Crippen LogP contribution in [0.1, 0.15) is 16.8 Å². The minimum Gasteiger partial charge on any atom is -0.399 e. The van der Waals surface area contributed by atoms with Crippen LogP contribution in [0.25, 0.3) is 0 Å². The molecule has 72 valence electrons. The van der Waals surface area contributed by atoms with Crippen LogP contribution in [0.15, 0.2) is 24.3 Å². The second-order valence-electron chi connectivity index (χ2n) is 2.83. The van der Waals surface area contributed by atoms with Gasteiger partial charge in [0.15, 0.2) is 0 Å². The molecule has 14 heavy (non-hydrogen) atoms. The second kappa shape index (κ2) is 4.93. The molecule has 1 aromatic rings. The third kappa shape index (κ3) is 2.83. The number of amides is 1. The number of carbonyl (C=O) groups excluding carboxylic acids is 1. The summed E-state index contributed by atoms with van der Waals surface area (Å²) < 4.78 is 0. The fraction of sp³-hybridized carbons (Fsp3) is 0.182. The first-order valence-corrected chi connectivity index (χ1v) is 4.31. The van der Waals surface area contributed by atoms with E-state index in [4.69, 9.17) is 12.2 Å². The Morgan fingerprint density at radius 2 is 2.07 bits per heavy atom. The predicted molar refractivity (Wildman–Crippen MR) is 56.6 cm³/mol. The maximum absolute atomic E-state index is 11.4. The lowest BCUT2D eigenvalue weighted by Crippen LogP contribution is -2.24. The molecule has 0 radical (unpaired) electrons. The minimum absolute atomic E-state index is 0.125. The zero-order chi connectivity index (χ0) is 10.4. The van der Waals surface area contributed by atoms with Crippen LogP contribution in [0.3, 0.4) is 0 Å². The van der Waals surface area contributed by atoms with Crippen LogP contribution in [0.4, 0.5) is 5.69 Å². The molecule has 0 aliphatic rings. The number of nitrogens with one attached hydrogen (secondary N) is 1. The smallest absolute Gasteiger partial charge is 0.251 e. The molecule has 0 saturated heterocycles. The van der Waals surface area contributed by atoms with Gasteiger partial charge in [-0.25, -0.2) is 0 Å². The summed E-state index contributed by atoms with van der Waals surface area (Å²) in [4.78, 5) is 11.4. The van der Waals surface area contributed by atoms with Crippen molar-refractivity contribution in [3.05, 3.63) is 29.8 Å². The molecule has 0 heterocycles. The lowest BCUT2D eigenvalue weighted by molar-refractivity contribution is 0.0954. The molecule has 3 heteroatoms. The zero-order valence-electron chi connectivity index (χ0n) is 7.79. The Balaban J connectivity index is 2.53. The van der Waals surface area contributed by atoms with Crippen molar-refractivity contribution >= 4 is 11.6 Å². The maximum Gasteiger partial charge on any atom is 0.251 e. The zero-order valence-corrected chi connectivity index (χ0v) is 7.79. The van der Waals surface area contributed by atoms with Crippen LogP contribution in [0.2, 0.25) is 0 Å². The summed E-state index contributed by atoms with van der Waals surface area (Å²) in [5.41, 5.74) is 6.73. The SMILES string of the molecule is C#CCCNC(=O)c1ccc(N)cc1. The molecule has 0 aliphatic heterocycles. The van der Waals surface area contributed by atoms with Gasteiger partial charge in [0.1, 0.15) is 0 Å². The van der Waals surface area contributed by atoms with E-state index in [1.807, 2.05) is 0 Å². The van der Waals surface area contributed by atoms with Crippen LogP contribution in [-0.4, -0.2) is 12.5 Å². The number of benzene rings is 1. The van der Waals surface area contributed by atoms with Gasteiger partial charge in [-0.2, -0.15) is 0 Å². The number of hydrogen-bond donors (Lipinski definition) is 2. The number of hydrogen-bond acceptors (Lipinski definition) is 2. The van der Waals surface area contributed by atoms with E-state index >= 15 is 0 Å². The topological polar surface area (TPSA) is 55.1 Å². The highest BCUT2D eigenvalue weighted by Crippen LogP contribution is 2.04. The Morgan fingerprint density at radius 1 is 1.43 bits per heavy atom. The van der Waals surface area contributed by atoms with E-state index in [2.05, 4.69) is 11.2 Å². The second-order valence-corrected chi connectivity index (χ2v) is 2.83. The van der Waals surface area contributed by atoms with Gasteiger partial charge in [-0.3, -0.25) is 4.79 Å². The maximum atomic E-state index is 11.4. The molecule has 1 amide bonds. The van der Waals surface area contributed by atoms with Crippen molar-refractivity contribution in [1.82, 2.24) is 5.32 Å². The van der Waals surface area contributed by atoms with E-state index in [9.17, 15) is 4.79 Å². The molecule has 0 unspecified atom stereocenters. The highest BCUT2D eigenvalue weighted by atomic mass is 16.1. The average Bonchev–Trinajstić information content (AvgIpc) is 2.19. The van der Waals surface area contributed by atoms with Gasteiger partial charge in [-0.1, -0.05) is 0 Å². The monoisotopic (exact) mass is 188 g/mol. The third-order valence-corrected chi connectivity index (χ3v) is 1.73. The summed E-state index contributed by atoms with van der Waals surface area (Å²) in [6.07, 6.45) is 5.60. The Morgan fingerprint density at radius 3 is 2.64 bits per heavy atom. The molecular weight excluding hydrogens is 176 g/mol. The standard InChI is InChI=1S/C11H12N2O/c1-2-3-8-13-11(14)9-4-6-10(12)7-5-9/h1,4-7H,3,8,12H2,(H,13,14). The Bertz CT molecular complexity index is 349. The van der Waals surface area contributed by atoms with Crippen molar-refractivity contribution in [2.75, 3.05) is 12.3 Å². The van der Waals surface area contributed by atoms with E-state index in [0.29, 0.717) is 24.2 Å². The summed E-state index contributed by atoms with van der Waals surface area (Å²) in [5.74, 6) is 2.32. The number of nitrogen functional groups attached to an aromatic ring is 1. The van der Waals surface area contributed by atoms with Crippen molar-refractivity contribution in [2.24, 2.45) is 0 Å². The van der Waals surface area contributed by atoms with Crippen molar-refractivity contribution < 1.29 is 4.79 Å². The van der Waals surface area contributed by atoms with Gasteiger partial charge in [0.2, 0.25) is 0 Å². The van der Waals surface area contributed by atoms with E-state index in [1.54, 1.807) is 24.3 Å². The number of nitrogens with two attached hydrogens (primary N) is 1. The fourth-order valence-electron chi connectivity index (χ4n) is 0.985. The number of anilines is 1. The molecule has 0 atom stereocenters. The third-order valence-electron chi connectivity index (χ3n) is 1.73. The van der Waals surface area contributed by atoms with Crippen LogP contribution in [-0.2, 0) is 0 Å². The Kier molecular flexibility index (Phi) is 3.57. The van der Waals surface area contributed by atoms with E-state index < -0.39 is 0 Å². The van der Waals surface area contributed by atoms with Gasteiger partial charge in [-0.05, 0) is 24.3 Å². The molecule has 0 aliphatic carbocycles. The molecule has 1 aromatic carbocycles. The van der Waals surface area contributed by atoms with E-state index in [0.717, 1.165) is 0 Å². The van der Waals surface area contributed by atoms with Crippen LogP contribution in [0, 0.1) is 12.3 Å². The molecule has 3 nitrogen and oxygen atoms in total. The van der Waals surface area contributed by atoms with Crippen LogP contribution < -0.4 is 11.1 Å². The summed E-state index contributed by atoms with van der Waals surface area (Å²) in [6.45, 7) is 0.500. The molecule has 0 aromatic heterocycles. The van der Waals surface area contributed by atoms with Crippen molar-refractivity contribution in [2.45, 2.75) is 6.42 Å².